The molecule has 1 heterocycles. The molecule has 1 aromatic carbocycles. The topological polar surface area (TPSA) is 32.7 Å². The summed E-state index contributed by atoms with van der Waals surface area (Å²) in [6.07, 6.45) is 1.40. The zero-order valence-electron chi connectivity index (χ0n) is 10.6. The Morgan fingerprint density at radius 3 is 3.06 bits per heavy atom. The lowest BCUT2D eigenvalue weighted by Gasteiger charge is -2.32. The molecule has 3 nitrogen and oxygen atoms in total. The number of benzene rings is 1. The zero-order chi connectivity index (χ0) is 12.3. The van der Waals surface area contributed by atoms with Gasteiger partial charge in [-0.25, -0.2) is 0 Å². The fraction of sp³-hybridized carbons (Fsp3) is 0.571. The van der Waals surface area contributed by atoms with Crippen molar-refractivity contribution in [1.29, 1.82) is 0 Å². The molecule has 2 rings (SSSR count). The molecule has 0 radical (unpaired) electrons. The Kier molecular flexibility index (Phi) is 4.02. The summed E-state index contributed by atoms with van der Waals surface area (Å²) in [6, 6.07) is 5.78. The summed E-state index contributed by atoms with van der Waals surface area (Å²) < 4.78 is 5.64. The van der Waals surface area contributed by atoms with E-state index in [9.17, 15) is 5.11 Å². The molecule has 1 aromatic rings. The first-order valence-electron chi connectivity index (χ1n) is 6.31. The molecule has 0 amide bonds. The normalized spacial score (nSPS) is 21.6. The number of aromatic hydroxyl groups is 1. The number of hydrogen-bond donors (Lipinski definition) is 1. The molecule has 1 fully saturated rings. The van der Waals surface area contributed by atoms with Crippen LogP contribution in [0.3, 0.4) is 0 Å². The fourth-order valence-corrected chi connectivity index (χ4v) is 2.25. The van der Waals surface area contributed by atoms with Crippen molar-refractivity contribution in [3.8, 4) is 5.75 Å². The molecule has 3 heteroatoms. The number of ether oxygens (including phenoxy) is 1. The lowest BCUT2D eigenvalue weighted by atomic mass is 10.1. The van der Waals surface area contributed by atoms with Crippen molar-refractivity contribution >= 4 is 0 Å². The minimum absolute atomic E-state index is 0.343. The molecule has 1 aliphatic rings. The standard InChI is InChI=1S/C14H21NO2/c1-3-13-10-15(6-7-17-13)9-12-8-11(2)4-5-14(12)16/h4-5,8,13,16H,3,6-7,9-10H2,1-2H3. The fourth-order valence-electron chi connectivity index (χ4n) is 2.25. The van der Waals surface area contributed by atoms with Crippen LogP contribution in [0.15, 0.2) is 18.2 Å². The number of hydrogen-bond acceptors (Lipinski definition) is 3. The van der Waals surface area contributed by atoms with E-state index < -0.39 is 0 Å². The minimum atomic E-state index is 0.343. The Labute approximate surface area is 103 Å². The van der Waals surface area contributed by atoms with Gasteiger partial charge in [0, 0.05) is 25.2 Å². The molecular weight excluding hydrogens is 214 g/mol. The van der Waals surface area contributed by atoms with E-state index in [2.05, 4.69) is 24.8 Å². The van der Waals surface area contributed by atoms with Crippen LogP contribution in [0.4, 0.5) is 0 Å². The Balaban J connectivity index is 2.02. The number of aryl methyl sites for hydroxylation is 1. The predicted octanol–water partition coefficient (Wildman–Crippen LogP) is 2.31. The first-order valence-corrected chi connectivity index (χ1v) is 6.31. The van der Waals surface area contributed by atoms with Crippen LogP contribution in [0, 0.1) is 6.92 Å². The van der Waals surface area contributed by atoms with Gasteiger partial charge in [-0.3, -0.25) is 4.90 Å². The van der Waals surface area contributed by atoms with Gasteiger partial charge >= 0.3 is 0 Å². The summed E-state index contributed by atoms with van der Waals surface area (Å²) in [7, 11) is 0. The monoisotopic (exact) mass is 235 g/mol. The van der Waals surface area contributed by atoms with Crippen molar-refractivity contribution in [1.82, 2.24) is 4.90 Å². The van der Waals surface area contributed by atoms with E-state index in [1.54, 1.807) is 6.07 Å². The van der Waals surface area contributed by atoms with Crippen LogP contribution in [0.25, 0.3) is 0 Å². The molecule has 1 saturated heterocycles. The third-order valence-electron chi connectivity index (χ3n) is 3.31. The van der Waals surface area contributed by atoms with Gasteiger partial charge in [0.05, 0.1) is 12.7 Å². The van der Waals surface area contributed by atoms with Gasteiger partial charge in [-0.15, -0.1) is 0 Å². The molecule has 94 valence electrons. The van der Waals surface area contributed by atoms with Crippen molar-refractivity contribution in [3.05, 3.63) is 29.3 Å². The number of phenolic OH excluding ortho intramolecular Hbond substituents is 1. The second-order valence-electron chi connectivity index (χ2n) is 4.77. The second kappa shape index (κ2) is 5.52. The van der Waals surface area contributed by atoms with Crippen molar-refractivity contribution in [2.24, 2.45) is 0 Å². The van der Waals surface area contributed by atoms with E-state index in [1.807, 2.05) is 6.07 Å². The van der Waals surface area contributed by atoms with Crippen molar-refractivity contribution < 1.29 is 9.84 Å². The first kappa shape index (κ1) is 12.4. The van der Waals surface area contributed by atoms with Crippen LogP contribution in [0.2, 0.25) is 0 Å². The molecule has 0 bridgehead atoms. The highest BCUT2D eigenvalue weighted by Gasteiger charge is 2.19. The summed E-state index contributed by atoms with van der Waals surface area (Å²) in [4.78, 5) is 2.35. The number of phenols is 1. The highest BCUT2D eigenvalue weighted by molar-refractivity contribution is 5.35. The van der Waals surface area contributed by atoms with Crippen LogP contribution < -0.4 is 0 Å². The molecule has 0 spiro atoms. The number of nitrogens with zero attached hydrogens (tertiary/aromatic N) is 1. The van der Waals surface area contributed by atoms with Gasteiger partial charge in [0.2, 0.25) is 0 Å². The molecule has 17 heavy (non-hydrogen) atoms. The molecule has 1 N–H and O–H groups in total. The third-order valence-corrected chi connectivity index (χ3v) is 3.31. The zero-order valence-corrected chi connectivity index (χ0v) is 10.6. The average Bonchev–Trinajstić information content (AvgIpc) is 2.34. The van der Waals surface area contributed by atoms with E-state index >= 15 is 0 Å². The van der Waals surface area contributed by atoms with Crippen molar-refractivity contribution in [2.45, 2.75) is 32.9 Å². The molecule has 1 unspecified atom stereocenters. The van der Waals surface area contributed by atoms with Gasteiger partial charge < -0.3 is 9.84 Å². The van der Waals surface area contributed by atoms with Gasteiger partial charge in [-0.2, -0.15) is 0 Å². The summed E-state index contributed by atoms with van der Waals surface area (Å²) in [5.41, 5.74) is 2.21. The predicted molar refractivity (Wildman–Crippen MR) is 68.2 cm³/mol. The lowest BCUT2D eigenvalue weighted by molar-refractivity contribution is -0.0326. The van der Waals surface area contributed by atoms with Gasteiger partial charge in [-0.05, 0) is 19.4 Å². The first-order chi connectivity index (χ1) is 8.19. The average molecular weight is 235 g/mol. The molecule has 1 atom stereocenters. The van der Waals surface area contributed by atoms with E-state index in [1.165, 1.54) is 5.56 Å². The van der Waals surface area contributed by atoms with Crippen LogP contribution >= 0.6 is 0 Å². The lowest BCUT2D eigenvalue weighted by Crippen LogP contribution is -2.41. The van der Waals surface area contributed by atoms with Crippen LogP contribution in [-0.2, 0) is 11.3 Å². The molecule has 1 aliphatic heterocycles. The van der Waals surface area contributed by atoms with Crippen LogP contribution in [-0.4, -0.2) is 35.8 Å². The number of morpholine rings is 1. The molecule has 0 aliphatic carbocycles. The summed E-state index contributed by atoms with van der Waals surface area (Å²) >= 11 is 0. The Morgan fingerprint density at radius 2 is 2.29 bits per heavy atom. The van der Waals surface area contributed by atoms with Crippen molar-refractivity contribution in [3.63, 3.8) is 0 Å². The van der Waals surface area contributed by atoms with E-state index in [4.69, 9.17) is 4.74 Å². The largest absolute Gasteiger partial charge is 0.508 e. The number of rotatable bonds is 3. The van der Waals surface area contributed by atoms with Gasteiger partial charge in [0.15, 0.2) is 0 Å². The second-order valence-corrected chi connectivity index (χ2v) is 4.77. The molecular formula is C14H21NO2. The maximum Gasteiger partial charge on any atom is 0.120 e. The third kappa shape index (κ3) is 3.20. The Hall–Kier alpha value is -1.06. The quantitative estimate of drug-likeness (QED) is 0.872. The van der Waals surface area contributed by atoms with Crippen molar-refractivity contribution in [2.75, 3.05) is 19.7 Å². The smallest absolute Gasteiger partial charge is 0.120 e. The van der Waals surface area contributed by atoms with E-state index in [0.717, 1.165) is 38.2 Å². The van der Waals surface area contributed by atoms with E-state index in [-0.39, 0.29) is 0 Å². The maximum absolute atomic E-state index is 9.83. The summed E-state index contributed by atoms with van der Waals surface area (Å²) in [5, 5.41) is 9.83. The summed E-state index contributed by atoms with van der Waals surface area (Å²) in [6.45, 7) is 7.72. The highest BCUT2D eigenvalue weighted by Crippen LogP contribution is 2.21. The van der Waals surface area contributed by atoms with E-state index in [0.29, 0.717) is 11.9 Å². The van der Waals surface area contributed by atoms with Gasteiger partial charge in [0.25, 0.3) is 0 Å². The van der Waals surface area contributed by atoms with Crippen LogP contribution in [0.1, 0.15) is 24.5 Å². The molecule has 0 aromatic heterocycles. The SMILES string of the molecule is CCC1CN(Cc2cc(C)ccc2O)CCO1. The van der Waals surface area contributed by atoms with Gasteiger partial charge in [-0.1, -0.05) is 24.6 Å². The Morgan fingerprint density at radius 1 is 1.47 bits per heavy atom. The van der Waals surface area contributed by atoms with Crippen LogP contribution in [0.5, 0.6) is 5.75 Å². The van der Waals surface area contributed by atoms with Gasteiger partial charge in [0.1, 0.15) is 5.75 Å². The Bertz CT molecular complexity index is 378. The minimum Gasteiger partial charge on any atom is -0.508 e. The highest BCUT2D eigenvalue weighted by atomic mass is 16.5. The summed E-state index contributed by atoms with van der Waals surface area (Å²) in [5.74, 6) is 0.398. The maximum atomic E-state index is 9.83. The molecule has 0 saturated carbocycles.